The Balaban J connectivity index is 2.05. The van der Waals surface area contributed by atoms with Crippen LogP contribution in [0.3, 0.4) is 0 Å². The number of methoxy groups -OCH3 is 2. The molecule has 0 radical (unpaired) electrons. The van der Waals surface area contributed by atoms with Gasteiger partial charge in [-0.1, -0.05) is 18.2 Å². The molecule has 23 heavy (non-hydrogen) atoms. The molecule has 3 aromatic rings. The fraction of sp³-hybridized carbons (Fsp3) is 0.167. The molecular formula is C18H18N2O3. The number of benzene rings is 2. The van der Waals surface area contributed by atoms with Crippen molar-refractivity contribution in [2.24, 2.45) is 0 Å². The van der Waals surface area contributed by atoms with Crippen LogP contribution in [0, 0.1) is 0 Å². The normalized spacial score (nSPS) is 10.5. The number of aromatic nitrogens is 2. The molecule has 5 heteroatoms. The molecule has 0 saturated carbocycles. The number of rotatable bonds is 5. The summed E-state index contributed by atoms with van der Waals surface area (Å²) >= 11 is 0. The summed E-state index contributed by atoms with van der Waals surface area (Å²) in [6, 6.07) is 12.8. The van der Waals surface area contributed by atoms with Crippen LogP contribution < -0.4 is 9.47 Å². The maximum atomic E-state index is 9.63. The van der Waals surface area contributed by atoms with Crippen LogP contribution in [-0.2, 0) is 6.54 Å². The van der Waals surface area contributed by atoms with Gasteiger partial charge in [0.2, 0.25) is 0 Å². The Morgan fingerprint density at radius 1 is 1.04 bits per heavy atom. The first kappa shape index (κ1) is 15.0. The average molecular weight is 310 g/mol. The number of imidazole rings is 1. The topological polar surface area (TPSA) is 56.5 Å². The van der Waals surface area contributed by atoms with Gasteiger partial charge in [-0.15, -0.1) is 0 Å². The highest BCUT2D eigenvalue weighted by Crippen LogP contribution is 2.37. The third-order valence-electron chi connectivity index (χ3n) is 3.63. The number of hydrogen-bond donors (Lipinski definition) is 1. The SMILES string of the molecule is COc1cccc(OC)c1-c1nccn1Cc1cccc(O)c1. The third-order valence-corrected chi connectivity index (χ3v) is 3.63. The zero-order valence-electron chi connectivity index (χ0n) is 13.1. The number of phenols is 1. The van der Waals surface area contributed by atoms with E-state index in [1.54, 1.807) is 32.5 Å². The number of ether oxygens (including phenoxy) is 2. The molecule has 0 atom stereocenters. The Morgan fingerprint density at radius 2 is 1.74 bits per heavy atom. The van der Waals surface area contributed by atoms with Gasteiger partial charge in [0.25, 0.3) is 0 Å². The quantitative estimate of drug-likeness (QED) is 0.785. The van der Waals surface area contributed by atoms with Gasteiger partial charge in [-0.2, -0.15) is 0 Å². The molecule has 0 bridgehead atoms. The van der Waals surface area contributed by atoms with Crippen molar-refractivity contribution in [3.63, 3.8) is 0 Å². The van der Waals surface area contributed by atoms with Crippen LogP contribution in [-0.4, -0.2) is 28.9 Å². The van der Waals surface area contributed by atoms with E-state index < -0.39 is 0 Å². The molecule has 1 aromatic heterocycles. The maximum Gasteiger partial charge on any atom is 0.147 e. The highest BCUT2D eigenvalue weighted by molar-refractivity contribution is 5.72. The average Bonchev–Trinajstić information content (AvgIpc) is 3.01. The highest BCUT2D eigenvalue weighted by atomic mass is 16.5. The molecular weight excluding hydrogens is 292 g/mol. The smallest absolute Gasteiger partial charge is 0.147 e. The van der Waals surface area contributed by atoms with Gasteiger partial charge in [-0.05, 0) is 29.8 Å². The molecule has 0 aliphatic rings. The standard InChI is InChI=1S/C18H18N2O3/c1-22-15-7-4-8-16(23-2)17(15)18-19-9-10-20(18)12-13-5-3-6-14(21)11-13/h3-11,21H,12H2,1-2H3. The maximum absolute atomic E-state index is 9.63. The van der Waals surface area contributed by atoms with Gasteiger partial charge in [-0.25, -0.2) is 4.98 Å². The molecule has 0 saturated heterocycles. The summed E-state index contributed by atoms with van der Waals surface area (Å²) in [7, 11) is 3.25. The zero-order valence-corrected chi connectivity index (χ0v) is 13.1. The number of hydrogen-bond acceptors (Lipinski definition) is 4. The van der Waals surface area contributed by atoms with Crippen molar-refractivity contribution in [2.75, 3.05) is 14.2 Å². The zero-order chi connectivity index (χ0) is 16.2. The molecule has 0 unspecified atom stereocenters. The van der Waals surface area contributed by atoms with Crippen LogP contribution in [0.15, 0.2) is 54.9 Å². The monoisotopic (exact) mass is 310 g/mol. The molecule has 0 fully saturated rings. The van der Waals surface area contributed by atoms with Gasteiger partial charge in [0.1, 0.15) is 28.6 Å². The van der Waals surface area contributed by atoms with E-state index in [9.17, 15) is 5.11 Å². The molecule has 0 amide bonds. The van der Waals surface area contributed by atoms with E-state index in [0.29, 0.717) is 18.0 Å². The fourth-order valence-electron chi connectivity index (χ4n) is 2.59. The van der Waals surface area contributed by atoms with E-state index in [0.717, 1.165) is 17.0 Å². The largest absolute Gasteiger partial charge is 0.508 e. The molecule has 5 nitrogen and oxygen atoms in total. The Kier molecular flexibility index (Phi) is 4.19. The predicted molar refractivity (Wildman–Crippen MR) is 88.0 cm³/mol. The van der Waals surface area contributed by atoms with Crippen LogP contribution in [0.2, 0.25) is 0 Å². The van der Waals surface area contributed by atoms with E-state index in [1.807, 2.05) is 41.1 Å². The molecule has 0 spiro atoms. The number of nitrogens with zero attached hydrogens (tertiary/aromatic N) is 2. The molecule has 2 aromatic carbocycles. The van der Waals surface area contributed by atoms with E-state index >= 15 is 0 Å². The van der Waals surface area contributed by atoms with Crippen molar-refractivity contribution in [1.29, 1.82) is 0 Å². The van der Waals surface area contributed by atoms with E-state index in [1.165, 1.54) is 0 Å². The summed E-state index contributed by atoms with van der Waals surface area (Å²) in [6.45, 7) is 0.588. The van der Waals surface area contributed by atoms with Crippen LogP contribution in [0.25, 0.3) is 11.4 Å². The van der Waals surface area contributed by atoms with Gasteiger partial charge in [0.05, 0.1) is 14.2 Å². The van der Waals surface area contributed by atoms with Crippen molar-refractivity contribution < 1.29 is 14.6 Å². The minimum atomic E-state index is 0.249. The molecule has 1 N–H and O–H groups in total. The van der Waals surface area contributed by atoms with E-state index in [4.69, 9.17) is 9.47 Å². The summed E-state index contributed by atoms with van der Waals surface area (Å²) in [5.41, 5.74) is 1.79. The minimum absolute atomic E-state index is 0.249. The lowest BCUT2D eigenvalue weighted by Crippen LogP contribution is -2.03. The lowest BCUT2D eigenvalue weighted by atomic mass is 10.1. The number of phenolic OH excluding ortho intramolecular Hbond substituents is 1. The summed E-state index contributed by atoms with van der Waals surface area (Å²) in [4.78, 5) is 4.46. The molecule has 0 aliphatic carbocycles. The van der Waals surface area contributed by atoms with Crippen molar-refractivity contribution in [2.45, 2.75) is 6.54 Å². The minimum Gasteiger partial charge on any atom is -0.508 e. The molecule has 118 valence electrons. The summed E-state index contributed by atoms with van der Waals surface area (Å²) in [5.74, 6) is 2.40. The van der Waals surface area contributed by atoms with Crippen molar-refractivity contribution in [1.82, 2.24) is 9.55 Å². The van der Waals surface area contributed by atoms with Crippen molar-refractivity contribution in [3.8, 4) is 28.6 Å². The second-order valence-corrected chi connectivity index (χ2v) is 5.09. The third kappa shape index (κ3) is 2.99. The van der Waals surface area contributed by atoms with Crippen molar-refractivity contribution in [3.05, 3.63) is 60.4 Å². The second kappa shape index (κ2) is 6.44. The predicted octanol–water partition coefficient (Wildman–Crippen LogP) is 3.32. The van der Waals surface area contributed by atoms with Gasteiger partial charge in [-0.3, -0.25) is 0 Å². The van der Waals surface area contributed by atoms with E-state index in [-0.39, 0.29) is 5.75 Å². The lowest BCUT2D eigenvalue weighted by Gasteiger charge is -2.14. The first-order valence-corrected chi connectivity index (χ1v) is 7.23. The highest BCUT2D eigenvalue weighted by Gasteiger charge is 2.17. The first-order chi connectivity index (χ1) is 11.2. The first-order valence-electron chi connectivity index (χ1n) is 7.23. The Morgan fingerprint density at radius 3 is 2.39 bits per heavy atom. The van der Waals surface area contributed by atoms with Crippen LogP contribution in [0.4, 0.5) is 0 Å². The Labute approximate surface area is 134 Å². The fourth-order valence-corrected chi connectivity index (χ4v) is 2.59. The number of aromatic hydroxyl groups is 1. The molecule has 1 heterocycles. The Hall–Kier alpha value is -2.95. The van der Waals surface area contributed by atoms with E-state index in [2.05, 4.69) is 4.98 Å². The Bertz CT molecular complexity index is 789. The second-order valence-electron chi connectivity index (χ2n) is 5.09. The van der Waals surface area contributed by atoms with Gasteiger partial charge < -0.3 is 19.1 Å². The van der Waals surface area contributed by atoms with Crippen LogP contribution in [0.5, 0.6) is 17.2 Å². The van der Waals surface area contributed by atoms with Crippen molar-refractivity contribution >= 4 is 0 Å². The van der Waals surface area contributed by atoms with Crippen LogP contribution in [0.1, 0.15) is 5.56 Å². The lowest BCUT2D eigenvalue weighted by molar-refractivity contribution is 0.396. The summed E-state index contributed by atoms with van der Waals surface area (Å²) in [6.07, 6.45) is 3.63. The molecule has 3 rings (SSSR count). The van der Waals surface area contributed by atoms with Crippen LogP contribution >= 0.6 is 0 Å². The summed E-state index contributed by atoms with van der Waals surface area (Å²) in [5, 5.41) is 9.63. The summed E-state index contributed by atoms with van der Waals surface area (Å²) < 4.78 is 12.9. The molecule has 0 aliphatic heterocycles. The van der Waals surface area contributed by atoms with Gasteiger partial charge >= 0.3 is 0 Å². The van der Waals surface area contributed by atoms with Gasteiger partial charge in [0, 0.05) is 18.9 Å². The van der Waals surface area contributed by atoms with Gasteiger partial charge in [0.15, 0.2) is 0 Å².